The average molecular weight is 511 g/mol. The molecule has 28 heavy (non-hydrogen) atoms. The standard InChI is InChI=1S/C17H9Br2N3O6/c18-9-4-8(14(23)13(19)6-9)5-12-15(24)20-17(26)21(16(12)25)10-2-1-3-11(7-10)22(27)28/h1-7,23H,(H,20,24,26)/b12-5+. The molecule has 0 spiro atoms. The third-order valence-corrected chi connectivity index (χ3v) is 4.82. The number of imide groups is 2. The number of amides is 4. The Labute approximate surface area is 174 Å². The predicted molar refractivity (Wildman–Crippen MR) is 106 cm³/mol. The normalized spacial score (nSPS) is 15.7. The lowest BCUT2D eigenvalue weighted by atomic mass is 10.1. The molecule has 0 atom stereocenters. The van der Waals surface area contributed by atoms with Crippen LogP contribution in [0.3, 0.4) is 0 Å². The molecule has 4 amide bonds. The van der Waals surface area contributed by atoms with Crippen LogP contribution in [-0.4, -0.2) is 27.9 Å². The highest BCUT2D eigenvalue weighted by Gasteiger charge is 2.37. The number of benzene rings is 2. The smallest absolute Gasteiger partial charge is 0.335 e. The Hall–Kier alpha value is -3.05. The molecular weight excluding hydrogens is 502 g/mol. The summed E-state index contributed by atoms with van der Waals surface area (Å²) in [7, 11) is 0. The van der Waals surface area contributed by atoms with Gasteiger partial charge in [-0.2, -0.15) is 0 Å². The summed E-state index contributed by atoms with van der Waals surface area (Å²) in [6, 6.07) is 6.89. The first-order valence-electron chi connectivity index (χ1n) is 7.53. The fourth-order valence-corrected chi connectivity index (χ4v) is 3.75. The first-order chi connectivity index (χ1) is 13.2. The van der Waals surface area contributed by atoms with Gasteiger partial charge in [-0.3, -0.25) is 25.0 Å². The number of rotatable bonds is 3. The Morgan fingerprint density at radius 1 is 1.14 bits per heavy atom. The van der Waals surface area contributed by atoms with E-state index >= 15 is 0 Å². The molecule has 1 aliphatic heterocycles. The van der Waals surface area contributed by atoms with Crippen molar-refractivity contribution in [3.8, 4) is 5.75 Å². The van der Waals surface area contributed by atoms with Crippen LogP contribution in [0, 0.1) is 10.1 Å². The second kappa shape index (κ2) is 7.52. The molecule has 142 valence electrons. The summed E-state index contributed by atoms with van der Waals surface area (Å²) in [4.78, 5) is 48.1. The van der Waals surface area contributed by atoms with Crippen LogP contribution in [-0.2, 0) is 9.59 Å². The average Bonchev–Trinajstić information content (AvgIpc) is 2.62. The summed E-state index contributed by atoms with van der Waals surface area (Å²) in [5, 5.41) is 23.1. The summed E-state index contributed by atoms with van der Waals surface area (Å²) in [6.45, 7) is 0. The number of aromatic hydroxyl groups is 1. The third kappa shape index (κ3) is 3.66. The first kappa shape index (κ1) is 19.7. The van der Waals surface area contributed by atoms with E-state index in [1.54, 1.807) is 6.07 Å². The number of carbonyl (C=O) groups excluding carboxylic acids is 3. The maximum atomic E-state index is 12.8. The number of nitrogens with one attached hydrogen (secondary N) is 1. The third-order valence-electron chi connectivity index (χ3n) is 3.76. The van der Waals surface area contributed by atoms with Gasteiger partial charge in [0.25, 0.3) is 17.5 Å². The highest BCUT2D eigenvalue weighted by atomic mass is 79.9. The molecule has 2 N–H and O–H groups in total. The van der Waals surface area contributed by atoms with Gasteiger partial charge in [-0.1, -0.05) is 22.0 Å². The van der Waals surface area contributed by atoms with Crippen molar-refractivity contribution in [1.29, 1.82) is 0 Å². The van der Waals surface area contributed by atoms with Crippen molar-refractivity contribution in [3.05, 3.63) is 66.6 Å². The first-order valence-corrected chi connectivity index (χ1v) is 9.11. The maximum Gasteiger partial charge on any atom is 0.335 e. The molecular formula is C17H9Br2N3O6. The van der Waals surface area contributed by atoms with E-state index < -0.39 is 28.3 Å². The molecule has 1 aliphatic rings. The molecule has 1 saturated heterocycles. The highest BCUT2D eigenvalue weighted by molar-refractivity contribution is 9.11. The fourth-order valence-electron chi connectivity index (χ4n) is 2.49. The van der Waals surface area contributed by atoms with Crippen molar-refractivity contribution in [3.63, 3.8) is 0 Å². The minimum Gasteiger partial charge on any atom is -0.506 e. The van der Waals surface area contributed by atoms with Gasteiger partial charge in [0.15, 0.2) is 0 Å². The number of urea groups is 1. The SMILES string of the molecule is O=C1NC(=O)N(c2cccc([N+](=O)[O-])c2)C(=O)/C1=C/c1cc(Br)cc(Br)c1O. The molecule has 2 aromatic rings. The number of hydrogen-bond donors (Lipinski definition) is 2. The zero-order valence-corrected chi connectivity index (χ0v) is 16.9. The zero-order valence-electron chi connectivity index (χ0n) is 13.7. The Morgan fingerprint density at radius 2 is 1.86 bits per heavy atom. The molecule has 0 bridgehead atoms. The lowest BCUT2D eigenvalue weighted by Gasteiger charge is -2.26. The Kier molecular flexibility index (Phi) is 5.29. The van der Waals surface area contributed by atoms with Gasteiger partial charge >= 0.3 is 6.03 Å². The van der Waals surface area contributed by atoms with Gasteiger partial charge in [0.1, 0.15) is 11.3 Å². The molecule has 0 aromatic heterocycles. The highest BCUT2D eigenvalue weighted by Crippen LogP contribution is 2.34. The lowest BCUT2D eigenvalue weighted by Crippen LogP contribution is -2.54. The zero-order chi connectivity index (χ0) is 20.6. The molecule has 0 saturated carbocycles. The number of halogens is 2. The maximum absolute atomic E-state index is 12.8. The number of phenolic OH excluding ortho intramolecular Hbond substituents is 1. The number of barbiturate groups is 1. The molecule has 0 aliphatic carbocycles. The summed E-state index contributed by atoms with van der Waals surface area (Å²) in [5.41, 5.74) is -0.677. The van der Waals surface area contributed by atoms with Crippen LogP contribution < -0.4 is 10.2 Å². The van der Waals surface area contributed by atoms with Gasteiger partial charge in [-0.15, -0.1) is 0 Å². The van der Waals surface area contributed by atoms with E-state index in [0.29, 0.717) is 13.8 Å². The van der Waals surface area contributed by atoms with E-state index in [-0.39, 0.29) is 22.7 Å². The van der Waals surface area contributed by atoms with Gasteiger partial charge in [0.05, 0.1) is 15.1 Å². The molecule has 11 heteroatoms. The monoisotopic (exact) mass is 509 g/mol. The summed E-state index contributed by atoms with van der Waals surface area (Å²) >= 11 is 6.39. The second-order valence-corrected chi connectivity index (χ2v) is 7.33. The van der Waals surface area contributed by atoms with E-state index in [1.165, 1.54) is 24.3 Å². The second-order valence-electron chi connectivity index (χ2n) is 5.56. The van der Waals surface area contributed by atoms with Gasteiger partial charge in [-0.05, 0) is 40.2 Å². The van der Waals surface area contributed by atoms with E-state index in [4.69, 9.17) is 0 Å². The van der Waals surface area contributed by atoms with Crippen molar-refractivity contribution < 1.29 is 24.4 Å². The summed E-state index contributed by atoms with van der Waals surface area (Å²) in [6.07, 6.45) is 1.12. The Balaban J connectivity index is 2.09. The van der Waals surface area contributed by atoms with Crippen LogP contribution in [0.2, 0.25) is 0 Å². The molecule has 1 heterocycles. The number of nitro groups is 1. The number of carbonyl (C=O) groups is 3. The van der Waals surface area contributed by atoms with Crippen LogP contribution in [0.1, 0.15) is 5.56 Å². The molecule has 3 rings (SSSR count). The van der Waals surface area contributed by atoms with Crippen molar-refractivity contribution in [2.45, 2.75) is 0 Å². The van der Waals surface area contributed by atoms with E-state index in [2.05, 4.69) is 31.9 Å². The van der Waals surface area contributed by atoms with Crippen LogP contribution >= 0.6 is 31.9 Å². The summed E-state index contributed by atoms with van der Waals surface area (Å²) < 4.78 is 0.892. The molecule has 0 radical (unpaired) electrons. The number of non-ortho nitro benzene ring substituents is 1. The minimum absolute atomic E-state index is 0.0743. The van der Waals surface area contributed by atoms with Crippen LogP contribution in [0.4, 0.5) is 16.2 Å². The molecule has 9 nitrogen and oxygen atoms in total. The van der Waals surface area contributed by atoms with E-state index in [1.807, 2.05) is 5.32 Å². The fraction of sp³-hybridized carbons (Fsp3) is 0. The molecule has 2 aromatic carbocycles. The Bertz CT molecular complexity index is 1080. The van der Waals surface area contributed by atoms with Crippen molar-refractivity contribution >= 4 is 67.2 Å². The van der Waals surface area contributed by atoms with Crippen LogP contribution in [0.15, 0.2) is 50.9 Å². The summed E-state index contributed by atoms with van der Waals surface area (Å²) in [5.74, 6) is -2.15. The van der Waals surface area contributed by atoms with Crippen molar-refractivity contribution in [1.82, 2.24) is 5.32 Å². The van der Waals surface area contributed by atoms with E-state index in [0.717, 1.165) is 12.1 Å². The van der Waals surface area contributed by atoms with Crippen molar-refractivity contribution in [2.24, 2.45) is 0 Å². The van der Waals surface area contributed by atoms with Crippen LogP contribution in [0.5, 0.6) is 5.75 Å². The molecule has 0 unspecified atom stereocenters. The number of phenols is 1. The predicted octanol–water partition coefficient (Wildman–Crippen LogP) is 3.49. The number of hydrogen-bond acceptors (Lipinski definition) is 6. The Morgan fingerprint density at radius 3 is 2.54 bits per heavy atom. The van der Waals surface area contributed by atoms with Crippen LogP contribution in [0.25, 0.3) is 6.08 Å². The number of anilines is 1. The topological polar surface area (TPSA) is 130 Å². The quantitative estimate of drug-likeness (QED) is 0.281. The van der Waals surface area contributed by atoms with Gasteiger partial charge in [0.2, 0.25) is 0 Å². The lowest BCUT2D eigenvalue weighted by molar-refractivity contribution is -0.384. The van der Waals surface area contributed by atoms with Gasteiger partial charge < -0.3 is 5.11 Å². The van der Waals surface area contributed by atoms with Gasteiger partial charge in [0, 0.05) is 22.2 Å². The number of nitrogens with zero attached hydrogens (tertiary/aromatic N) is 2. The van der Waals surface area contributed by atoms with E-state index in [9.17, 15) is 29.6 Å². The minimum atomic E-state index is -1.03. The largest absolute Gasteiger partial charge is 0.506 e. The van der Waals surface area contributed by atoms with Gasteiger partial charge in [-0.25, -0.2) is 9.69 Å². The van der Waals surface area contributed by atoms with Crippen molar-refractivity contribution in [2.75, 3.05) is 4.90 Å². The molecule has 1 fully saturated rings. The number of nitro benzene ring substituents is 1.